The maximum atomic E-state index is 17.1. The Balaban J connectivity index is 1.88. The van der Waals surface area contributed by atoms with Crippen LogP contribution in [0.15, 0.2) is 97.1 Å². The number of nitrogen functional groups attached to an aromatic ring is 2. The summed E-state index contributed by atoms with van der Waals surface area (Å²) in [4.78, 5) is 0. The third kappa shape index (κ3) is 6.92. The predicted octanol–water partition coefficient (Wildman–Crippen LogP) is 11.9. The van der Waals surface area contributed by atoms with Crippen molar-refractivity contribution in [3.8, 4) is 0 Å². The molecule has 58 heavy (non-hydrogen) atoms. The summed E-state index contributed by atoms with van der Waals surface area (Å²) in [5.74, 6) is -69.4. The van der Waals surface area contributed by atoms with Crippen molar-refractivity contribution < 1.29 is 87.8 Å². The van der Waals surface area contributed by atoms with Crippen LogP contribution in [0.3, 0.4) is 0 Å². The third-order valence-electron chi connectivity index (χ3n) is 9.03. The summed E-state index contributed by atoms with van der Waals surface area (Å²) in [5, 5.41) is 0. The van der Waals surface area contributed by atoms with E-state index in [1.807, 2.05) is 0 Å². The summed E-state index contributed by atoms with van der Waals surface area (Å²) in [7, 11) is 0. The minimum Gasteiger partial charge on any atom is -0.399 e. The maximum Gasteiger partial charge on any atom is 0.460 e. The fourth-order valence-corrected chi connectivity index (χ4v) is 5.55. The maximum absolute atomic E-state index is 17.1. The summed E-state index contributed by atoms with van der Waals surface area (Å²) >= 11 is 0. The molecule has 4 aromatic carbocycles. The largest absolute Gasteiger partial charge is 0.460 e. The molecule has 4 rings (SSSR count). The van der Waals surface area contributed by atoms with E-state index in [4.69, 9.17) is 11.5 Å². The van der Waals surface area contributed by atoms with Crippen LogP contribution in [0.5, 0.6) is 0 Å². The Morgan fingerprint density at radius 1 is 0.276 bits per heavy atom. The first-order chi connectivity index (χ1) is 26.1. The van der Waals surface area contributed by atoms with E-state index in [9.17, 15) is 57.1 Å². The molecule has 4 N–H and O–H groups in total. The number of alkyl halides is 20. The third-order valence-corrected chi connectivity index (χ3v) is 9.03. The van der Waals surface area contributed by atoms with Gasteiger partial charge in [-0.05, 0) is 70.5 Å². The van der Waals surface area contributed by atoms with Gasteiger partial charge in [-0.1, -0.05) is 72.8 Å². The van der Waals surface area contributed by atoms with Gasteiger partial charge >= 0.3 is 53.6 Å². The van der Waals surface area contributed by atoms with Crippen LogP contribution < -0.4 is 11.5 Å². The van der Waals surface area contributed by atoms with Crippen LogP contribution in [0.1, 0.15) is 33.4 Å². The van der Waals surface area contributed by atoms with E-state index in [2.05, 4.69) is 0 Å². The molecular weight excluding hydrogens is 840 g/mol. The average Bonchev–Trinajstić information content (AvgIpc) is 3.12. The summed E-state index contributed by atoms with van der Waals surface area (Å²) in [6, 6.07) is 15.2. The number of benzene rings is 4. The highest BCUT2D eigenvalue weighted by molar-refractivity contribution is 5.46. The van der Waals surface area contributed by atoms with Crippen LogP contribution in [-0.2, 0) is 18.5 Å². The van der Waals surface area contributed by atoms with Gasteiger partial charge < -0.3 is 11.5 Å². The molecule has 0 saturated carbocycles. The number of hydrogen-bond acceptors (Lipinski definition) is 2. The Hall–Kier alpha value is -4.92. The number of nitrogens with two attached hydrogens (primary N) is 2. The van der Waals surface area contributed by atoms with Gasteiger partial charge in [0.15, 0.2) is 0 Å². The molecule has 0 fully saturated rings. The Kier molecular flexibility index (Phi) is 11.4. The van der Waals surface area contributed by atoms with Crippen LogP contribution in [0.25, 0.3) is 0 Å². The second-order valence-corrected chi connectivity index (χ2v) is 13.0. The summed E-state index contributed by atoms with van der Waals surface area (Å²) < 4.78 is 288. The molecule has 0 saturated heterocycles. The van der Waals surface area contributed by atoms with Crippen molar-refractivity contribution in [3.05, 3.63) is 130 Å². The van der Waals surface area contributed by atoms with Gasteiger partial charge in [-0.25, -0.2) is 4.39 Å². The molecule has 0 atom stereocenters. The number of halogens is 20. The zero-order valence-electron chi connectivity index (χ0n) is 28.4. The number of hydrogen-bond donors (Lipinski definition) is 2. The smallest absolute Gasteiger partial charge is 0.399 e. The van der Waals surface area contributed by atoms with Gasteiger partial charge in [0.1, 0.15) is 0 Å². The van der Waals surface area contributed by atoms with Crippen LogP contribution in [0.2, 0.25) is 0 Å². The zero-order valence-corrected chi connectivity index (χ0v) is 28.4. The highest BCUT2D eigenvalue weighted by Gasteiger charge is 2.97. The molecule has 0 aliphatic rings. The molecule has 0 bridgehead atoms. The van der Waals surface area contributed by atoms with Crippen molar-refractivity contribution in [1.82, 2.24) is 0 Å². The topological polar surface area (TPSA) is 52.0 Å². The zero-order chi connectivity index (χ0) is 44.3. The first kappa shape index (κ1) is 45.8. The quantitative estimate of drug-likeness (QED) is 0.0980. The van der Waals surface area contributed by atoms with Gasteiger partial charge in [-0.15, -0.1) is 0 Å². The minimum atomic E-state index is -9.15. The lowest BCUT2D eigenvalue weighted by atomic mass is 9.76. The van der Waals surface area contributed by atoms with E-state index in [1.165, 1.54) is 48.5 Å². The Morgan fingerprint density at radius 2 is 0.483 bits per heavy atom. The minimum absolute atomic E-state index is 0.0418. The first-order valence-electron chi connectivity index (χ1n) is 15.8. The van der Waals surface area contributed by atoms with Crippen molar-refractivity contribution in [3.63, 3.8) is 0 Å². The SMILES string of the molecule is Nc1ccc(Cc2ccc(C(F)(c3ccc(Cc4ccc(N)cc4)cc3)C(F)(F)C(F)(F)C(F)(F)C(F)(F)C(F)(F)C(F)(F)C(F)(F)C(F)(F)C(F)(F)F)cc2)cc1. The molecule has 0 amide bonds. The van der Waals surface area contributed by atoms with Crippen LogP contribution in [0, 0.1) is 0 Å². The van der Waals surface area contributed by atoms with E-state index < -0.39 is 70.4 Å². The van der Waals surface area contributed by atoms with E-state index in [1.54, 1.807) is 0 Å². The Morgan fingerprint density at radius 3 is 0.724 bits per heavy atom. The molecule has 2 nitrogen and oxygen atoms in total. The van der Waals surface area contributed by atoms with Crippen LogP contribution in [0.4, 0.5) is 99.2 Å². The van der Waals surface area contributed by atoms with E-state index in [0.29, 0.717) is 11.1 Å². The van der Waals surface area contributed by atoms with Crippen molar-refractivity contribution in [2.24, 2.45) is 0 Å². The van der Waals surface area contributed by atoms with E-state index in [0.717, 1.165) is 24.3 Å². The molecule has 0 spiro atoms. The summed E-state index contributed by atoms with van der Waals surface area (Å²) in [5.41, 5.74) is 3.43. The van der Waals surface area contributed by atoms with Crippen molar-refractivity contribution >= 4 is 11.4 Å². The molecule has 0 heterocycles. The van der Waals surface area contributed by atoms with Crippen LogP contribution in [-0.4, -0.2) is 53.6 Å². The van der Waals surface area contributed by atoms with Gasteiger partial charge in [-0.2, -0.15) is 83.4 Å². The number of rotatable bonds is 14. The predicted molar refractivity (Wildman–Crippen MR) is 168 cm³/mol. The molecule has 0 unspecified atom stereocenters. The van der Waals surface area contributed by atoms with Gasteiger partial charge in [0.05, 0.1) is 0 Å². The first-order valence-corrected chi connectivity index (χ1v) is 15.8. The lowest BCUT2D eigenvalue weighted by Gasteiger charge is -2.46. The van der Waals surface area contributed by atoms with Crippen molar-refractivity contribution in [2.75, 3.05) is 11.5 Å². The van der Waals surface area contributed by atoms with Crippen molar-refractivity contribution in [2.45, 2.75) is 72.1 Å². The molecular formula is C36H24F20N2. The standard InChI is InChI=1S/C36H24F20N2/c37-27(23-9-1-19(2-10-23)17-21-5-13-25(57)14-6-21,24-11-3-20(4-12-24)18-22-7-15-26(58)16-8-22)28(38,39)29(40,41)30(42,43)31(44,45)32(46,47)33(48,49)34(50,51)35(52,53)36(54,55)56/h1-16H,17-18,57-58H2. The van der Waals surface area contributed by atoms with Crippen LogP contribution >= 0.6 is 0 Å². The highest BCUT2D eigenvalue weighted by Crippen LogP contribution is 2.67. The molecule has 0 radical (unpaired) electrons. The van der Waals surface area contributed by atoms with Gasteiger partial charge in [0, 0.05) is 11.4 Å². The molecule has 0 aliphatic heterocycles. The fourth-order valence-electron chi connectivity index (χ4n) is 5.55. The Labute approximate surface area is 313 Å². The average molecular weight is 865 g/mol. The lowest BCUT2D eigenvalue weighted by molar-refractivity contribution is -0.471. The van der Waals surface area contributed by atoms with Gasteiger partial charge in [0.25, 0.3) is 0 Å². The van der Waals surface area contributed by atoms with Gasteiger partial charge in [-0.3, -0.25) is 0 Å². The lowest BCUT2D eigenvalue weighted by Crippen LogP contribution is -2.76. The molecule has 4 aromatic rings. The van der Waals surface area contributed by atoms with E-state index in [-0.39, 0.29) is 59.6 Å². The second-order valence-electron chi connectivity index (χ2n) is 13.0. The molecule has 0 aromatic heterocycles. The summed E-state index contributed by atoms with van der Waals surface area (Å²) in [6.45, 7) is 0. The fraction of sp³-hybridized carbons (Fsp3) is 0.333. The molecule has 318 valence electrons. The van der Waals surface area contributed by atoms with E-state index >= 15 is 30.7 Å². The van der Waals surface area contributed by atoms with Crippen molar-refractivity contribution in [1.29, 1.82) is 0 Å². The molecule has 22 heteroatoms. The Bertz CT molecular complexity index is 1950. The monoisotopic (exact) mass is 864 g/mol. The second kappa shape index (κ2) is 14.4. The molecule has 0 aliphatic carbocycles. The summed E-state index contributed by atoms with van der Waals surface area (Å²) in [6.07, 6.45) is -8.29. The van der Waals surface area contributed by atoms with Gasteiger partial charge in [0.2, 0.25) is 5.67 Å². The normalized spacial score (nSPS) is 14.5. The highest BCUT2D eigenvalue weighted by atomic mass is 19.4. The number of anilines is 2.